The number of nitrogens with zero attached hydrogens (tertiary/aromatic N) is 2. The Morgan fingerprint density at radius 3 is 2.35 bits per heavy atom. The number of aromatic nitrogens is 2. The van der Waals surface area contributed by atoms with Gasteiger partial charge in [-0.05, 0) is 61.4 Å². The summed E-state index contributed by atoms with van der Waals surface area (Å²) in [4.78, 5) is 0.177. The van der Waals surface area contributed by atoms with Gasteiger partial charge in [0.15, 0.2) is 11.6 Å². The molecule has 0 spiro atoms. The van der Waals surface area contributed by atoms with Crippen LogP contribution in [0.15, 0.2) is 59.5 Å². The zero-order valence-corrected chi connectivity index (χ0v) is 15.8. The highest BCUT2D eigenvalue weighted by molar-refractivity contribution is 7.92. The molecule has 3 rings (SSSR count). The lowest BCUT2D eigenvalue weighted by molar-refractivity contribution is 0.601. The lowest BCUT2D eigenvalue weighted by atomic mass is 10.2. The Labute approximate surface area is 157 Å². The summed E-state index contributed by atoms with van der Waals surface area (Å²) in [5.41, 5.74) is 2.66. The molecular weight excluding hydrogens is 372 g/mol. The molecule has 26 heavy (non-hydrogen) atoms. The van der Waals surface area contributed by atoms with Crippen LogP contribution in [-0.2, 0) is 10.0 Å². The fourth-order valence-electron chi connectivity index (χ4n) is 2.30. The van der Waals surface area contributed by atoms with Crippen molar-refractivity contribution in [1.29, 1.82) is 0 Å². The third-order valence-electron chi connectivity index (χ3n) is 3.67. The third kappa shape index (κ3) is 4.30. The van der Waals surface area contributed by atoms with E-state index in [9.17, 15) is 8.42 Å². The molecule has 0 atom stereocenters. The van der Waals surface area contributed by atoms with Crippen LogP contribution in [0.5, 0.6) is 0 Å². The number of anilines is 3. The SMILES string of the molecule is Cc1cccc(S(=O)(=O)Nc2ccc(Nc3cc(Cl)ccc3C)nn2)c1. The maximum absolute atomic E-state index is 12.4. The number of nitrogens with one attached hydrogen (secondary N) is 2. The van der Waals surface area contributed by atoms with Crippen LogP contribution in [0.4, 0.5) is 17.3 Å². The van der Waals surface area contributed by atoms with E-state index in [4.69, 9.17) is 11.6 Å². The number of sulfonamides is 1. The van der Waals surface area contributed by atoms with Gasteiger partial charge in [0.2, 0.25) is 0 Å². The molecular formula is C18H17ClN4O2S. The van der Waals surface area contributed by atoms with Gasteiger partial charge in [-0.2, -0.15) is 0 Å². The van der Waals surface area contributed by atoms with Crippen molar-refractivity contribution in [3.63, 3.8) is 0 Å². The standard InChI is InChI=1S/C18H17ClN4O2S/c1-12-4-3-5-15(10-12)26(24,25)23-18-9-8-17(21-22-18)20-16-11-14(19)7-6-13(16)2/h3-11H,1-2H3,(H,20,21)(H,22,23). The number of halogens is 1. The van der Waals surface area contributed by atoms with Crippen LogP contribution < -0.4 is 10.0 Å². The van der Waals surface area contributed by atoms with Crippen molar-refractivity contribution in [3.8, 4) is 0 Å². The van der Waals surface area contributed by atoms with Crippen LogP contribution >= 0.6 is 11.6 Å². The Bertz CT molecular complexity index is 1040. The molecule has 0 unspecified atom stereocenters. The molecule has 0 aliphatic carbocycles. The molecule has 0 saturated carbocycles. The van der Waals surface area contributed by atoms with E-state index in [1.165, 1.54) is 6.07 Å². The first-order chi connectivity index (χ1) is 12.3. The highest BCUT2D eigenvalue weighted by atomic mass is 35.5. The van der Waals surface area contributed by atoms with Gasteiger partial charge in [0.05, 0.1) is 4.90 Å². The van der Waals surface area contributed by atoms with Crippen LogP contribution in [0.3, 0.4) is 0 Å². The second-order valence-corrected chi connectivity index (χ2v) is 7.93. The van der Waals surface area contributed by atoms with Gasteiger partial charge in [-0.1, -0.05) is 29.8 Å². The highest BCUT2D eigenvalue weighted by Gasteiger charge is 2.15. The van der Waals surface area contributed by atoms with Crippen molar-refractivity contribution in [2.24, 2.45) is 0 Å². The topological polar surface area (TPSA) is 84.0 Å². The molecule has 8 heteroatoms. The van der Waals surface area contributed by atoms with E-state index in [1.54, 1.807) is 36.4 Å². The van der Waals surface area contributed by atoms with E-state index in [0.29, 0.717) is 10.8 Å². The zero-order chi connectivity index (χ0) is 18.7. The fourth-order valence-corrected chi connectivity index (χ4v) is 3.57. The largest absolute Gasteiger partial charge is 0.338 e. The molecule has 0 amide bonds. The van der Waals surface area contributed by atoms with Crippen molar-refractivity contribution < 1.29 is 8.42 Å². The van der Waals surface area contributed by atoms with E-state index >= 15 is 0 Å². The molecule has 1 aromatic heterocycles. The minimum Gasteiger partial charge on any atom is -0.338 e. The van der Waals surface area contributed by atoms with Crippen molar-refractivity contribution in [3.05, 3.63) is 70.7 Å². The molecule has 0 radical (unpaired) electrons. The van der Waals surface area contributed by atoms with Crippen molar-refractivity contribution >= 4 is 38.9 Å². The van der Waals surface area contributed by atoms with Crippen molar-refractivity contribution in [1.82, 2.24) is 10.2 Å². The van der Waals surface area contributed by atoms with Gasteiger partial charge in [0.1, 0.15) is 0 Å². The molecule has 0 saturated heterocycles. The predicted octanol–water partition coefficient (Wildman–Crippen LogP) is 4.29. The fraction of sp³-hybridized carbons (Fsp3) is 0.111. The third-order valence-corrected chi connectivity index (χ3v) is 5.25. The molecule has 6 nitrogen and oxygen atoms in total. The monoisotopic (exact) mass is 388 g/mol. The van der Waals surface area contributed by atoms with Gasteiger partial charge < -0.3 is 5.32 Å². The minimum absolute atomic E-state index is 0.139. The van der Waals surface area contributed by atoms with Gasteiger partial charge in [-0.25, -0.2) is 8.42 Å². The summed E-state index contributed by atoms with van der Waals surface area (Å²) < 4.78 is 27.2. The normalized spacial score (nSPS) is 11.2. The number of hydrogen-bond donors (Lipinski definition) is 2. The second-order valence-electron chi connectivity index (χ2n) is 5.81. The molecule has 0 aliphatic heterocycles. The van der Waals surface area contributed by atoms with Gasteiger partial charge in [-0.15, -0.1) is 10.2 Å². The average molecular weight is 389 g/mol. The second kappa shape index (κ2) is 7.31. The van der Waals surface area contributed by atoms with Crippen LogP contribution in [0.1, 0.15) is 11.1 Å². The number of rotatable bonds is 5. The Balaban J connectivity index is 1.76. The summed E-state index contributed by atoms with van der Waals surface area (Å²) in [6, 6.07) is 15.3. The lowest BCUT2D eigenvalue weighted by Gasteiger charge is -2.10. The first kappa shape index (κ1) is 18.2. The van der Waals surface area contributed by atoms with Crippen LogP contribution in [0.25, 0.3) is 0 Å². The first-order valence-corrected chi connectivity index (χ1v) is 9.66. The molecule has 134 valence electrons. The quantitative estimate of drug-likeness (QED) is 0.681. The smallest absolute Gasteiger partial charge is 0.263 e. The molecule has 2 aromatic carbocycles. The summed E-state index contributed by atoms with van der Waals surface area (Å²) in [6.45, 7) is 3.77. The molecule has 0 fully saturated rings. The van der Waals surface area contributed by atoms with Gasteiger partial charge in [0, 0.05) is 10.7 Å². The molecule has 0 bridgehead atoms. The highest BCUT2D eigenvalue weighted by Crippen LogP contribution is 2.23. The zero-order valence-electron chi connectivity index (χ0n) is 14.2. The maximum atomic E-state index is 12.4. The molecule has 2 N–H and O–H groups in total. The van der Waals surface area contributed by atoms with Gasteiger partial charge >= 0.3 is 0 Å². The van der Waals surface area contributed by atoms with E-state index in [2.05, 4.69) is 20.2 Å². The first-order valence-electron chi connectivity index (χ1n) is 7.80. The van der Waals surface area contributed by atoms with Crippen LogP contribution in [-0.4, -0.2) is 18.6 Å². The van der Waals surface area contributed by atoms with E-state index < -0.39 is 10.0 Å². The number of aryl methyl sites for hydroxylation is 2. The van der Waals surface area contributed by atoms with Crippen molar-refractivity contribution in [2.75, 3.05) is 10.0 Å². The Kier molecular flexibility index (Phi) is 5.11. The summed E-state index contributed by atoms with van der Waals surface area (Å²) in [5.74, 6) is 0.619. The van der Waals surface area contributed by atoms with Crippen LogP contribution in [0.2, 0.25) is 5.02 Å². The summed E-state index contributed by atoms with van der Waals surface area (Å²) in [5, 5.41) is 11.6. The molecule has 0 aliphatic rings. The Morgan fingerprint density at radius 2 is 1.65 bits per heavy atom. The summed E-state index contributed by atoms with van der Waals surface area (Å²) in [6.07, 6.45) is 0. The lowest BCUT2D eigenvalue weighted by Crippen LogP contribution is -2.14. The summed E-state index contributed by atoms with van der Waals surface area (Å²) in [7, 11) is -3.71. The number of benzene rings is 2. The predicted molar refractivity (Wildman–Crippen MR) is 103 cm³/mol. The molecule has 1 heterocycles. The molecule has 3 aromatic rings. The van der Waals surface area contributed by atoms with Crippen molar-refractivity contribution in [2.45, 2.75) is 18.7 Å². The van der Waals surface area contributed by atoms with Gasteiger partial charge in [0.25, 0.3) is 10.0 Å². The average Bonchev–Trinajstić information content (AvgIpc) is 2.60. The van der Waals surface area contributed by atoms with Crippen LogP contribution in [0, 0.1) is 13.8 Å². The van der Waals surface area contributed by atoms with Gasteiger partial charge in [-0.3, -0.25) is 4.72 Å². The Morgan fingerprint density at radius 1 is 0.923 bits per heavy atom. The van der Waals surface area contributed by atoms with E-state index in [1.807, 2.05) is 26.0 Å². The maximum Gasteiger partial charge on any atom is 0.263 e. The number of hydrogen-bond acceptors (Lipinski definition) is 5. The van der Waals surface area contributed by atoms with E-state index in [-0.39, 0.29) is 10.7 Å². The minimum atomic E-state index is -3.71. The van der Waals surface area contributed by atoms with E-state index in [0.717, 1.165) is 16.8 Å². The summed E-state index contributed by atoms with van der Waals surface area (Å²) >= 11 is 6.00. The Hall–Kier alpha value is -2.64.